The Labute approximate surface area is 278 Å². The Hall–Kier alpha value is -3.42. The highest BCUT2D eigenvalue weighted by Crippen LogP contribution is 2.42. The molecule has 45 heavy (non-hydrogen) atoms. The van der Waals surface area contributed by atoms with Crippen molar-refractivity contribution in [2.24, 2.45) is 0 Å². The van der Waals surface area contributed by atoms with Gasteiger partial charge in [-0.25, -0.2) is 0 Å². The van der Waals surface area contributed by atoms with Crippen molar-refractivity contribution in [3.8, 4) is 10.4 Å². The van der Waals surface area contributed by atoms with E-state index in [0.717, 1.165) is 0 Å². The van der Waals surface area contributed by atoms with Gasteiger partial charge in [0.15, 0.2) is 0 Å². The molecule has 1 aromatic heterocycles. The molecule has 0 aliphatic rings. The van der Waals surface area contributed by atoms with E-state index in [1.54, 1.807) is 0 Å². The number of allylic oxidation sites excluding steroid dienone is 1. The topological polar surface area (TPSA) is 0 Å². The average Bonchev–Trinajstić information content (AvgIpc) is 3.25. The predicted octanol–water partition coefficient (Wildman–Crippen LogP) is 13.4. The third-order valence-electron chi connectivity index (χ3n) is 11.2. The molecule has 0 bridgehead atoms. The predicted molar refractivity (Wildman–Crippen MR) is 206 cm³/mol. The Balaban J connectivity index is 1.80. The summed E-state index contributed by atoms with van der Waals surface area (Å²) in [4.78, 5) is 2.86. The molecule has 0 nitrogen and oxygen atoms in total. The van der Waals surface area contributed by atoms with Gasteiger partial charge >= 0.3 is 0 Å². The summed E-state index contributed by atoms with van der Waals surface area (Å²) in [6.07, 6.45) is 13.9. The second-order valence-corrected chi connectivity index (χ2v) is 14.6. The van der Waals surface area contributed by atoms with E-state index in [2.05, 4.69) is 147 Å². The molecule has 3 aromatic carbocycles. The van der Waals surface area contributed by atoms with Crippen LogP contribution in [0.15, 0.2) is 6.08 Å². The zero-order valence-electron chi connectivity index (χ0n) is 30.9. The highest BCUT2D eigenvalue weighted by molar-refractivity contribution is 7.15. The Kier molecular flexibility index (Phi) is 10.1. The van der Waals surface area contributed by atoms with Gasteiger partial charge in [0.2, 0.25) is 0 Å². The van der Waals surface area contributed by atoms with E-state index in [-0.39, 0.29) is 0 Å². The molecule has 0 spiro atoms. The molecule has 0 aliphatic heterocycles. The van der Waals surface area contributed by atoms with Crippen LogP contribution in [0.1, 0.15) is 118 Å². The van der Waals surface area contributed by atoms with Crippen LogP contribution in [-0.2, 0) is 0 Å². The van der Waals surface area contributed by atoms with Crippen LogP contribution >= 0.6 is 11.3 Å². The quantitative estimate of drug-likeness (QED) is 0.190. The van der Waals surface area contributed by atoms with Gasteiger partial charge in [-0.15, -0.1) is 11.3 Å². The zero-order valence-corrected chi connectivity index (χ0v) is 31.7. The van der Waals surface area contributed by atoms with Gasteiger partial charge in [-0.3, -0.25) is 0 Å². The third kappa shape index (κ3) is 5.85. The summed E-state index contributed by atoms with van der Waals surface area (Å²) >= 11 is 1.95. The Morgan fingerprint density at radius 1 is 0.311 bits per heavy atom. The van der Waals surface area contributed by atoms with Crippen molar-refractivity contribution >= 4 is 41.7 Å². The van der Waals surface area contributed by atoms with E-state index >= 15 is 0 Å². The van der Waals surface area contributed by atoms with Crippen LogP contribution in [0.2, 0.25) is 0 Å². The maximum Gasteiger partial charge on any atom is 0.0383 e. The number of aryl methyl sites for hydroxylation is 1. The fraction of sp³-hybridized carbons (Fsp3) is 0.364. The van der Waals surface area contributed by atoms with Gasteiger partial charge < -0.3 is 0 Å². The summed E-state index contributed by atoms with van der Waals surface area (Å²) in [6, 6.07) is 0. The van der Waals surface area contributed by atoms with Crippen LogP contribution in [0.4, 0.5) is 0 Å². The van der Waals surface area contributed by atoms with Gasteiger partial charge in [0, 0.05) is 9.75 Å². The molecule has 236 valence electrons. The van der Waals surface area contributed by atoms with E-state index < -0.39 is 0 Å². The smallest absolute Gasteiger partial charge is 0.0383 e. The zero-order chi connectivity index (χ0) is 33.7. The molecule has 1 heteroatoms. The number of hydrogen-bond donors (Lipinski definition) is 0. The Bertz CT molecular complexity index is 1840. The van der Waals surface area contributed by atoms with Crippen LogP contribution in [0.5, 0.6) is 0 Å². The van der Waals surface area contributed by atoms with Crippen LogP contribution in [0.25, 0.3) is 40.8 Å². The second kappa shape index (κ2) is 13.1. The third-order valence-corrected chi connectivity index (χ3v) is 12.6. The van der Waals surface area contributed by atoms with Crippen LogP contribution < -0.4 is 0 Å². The average molecular weight is 615 g/mol. The maximum absolute atomic E-state index is 2.38. The largest absolute Gasteiger partial charge is 0.140 e. The molecule has 4 aromatic rings. The summed E-state index contributed by atoms with van der Waals surface area (Å²) in [6.45, 7) is 36.3. The van der Waals surface area contributed by atoms with Crippen LogP contribution in [0.3, 0.4) is 0 Å². The summed E-state index contributed by atoms with van der Waals surface area (Å²) in [5.74, 6) is 0. The minimum Gasteiger partial charge on any atom is -0.140 e. The lowest BCUT2D eigenvalue weighted by Crippen LogP contribution is -2.02. The van der Waals surface area contributed by atoms with Gasteiger partial charge in [-0.05, 0) is 222 Å². The van der Waals surface area contributed by atoms with Crippen molar-refractivity contribution in [1.82, 2.24) is 0 Å². The molecular weight excluding hydrogens is 561 g/mol. The molecular formula is C44H54S. The monoisotopic (exact) mass is 614 g/mol. The lowest BCUT2D eigenvalue weighted by Gasteiger charge is -2.20. The van der Waals surface area contributed by atoms with Crippen molar-refractivity contribution in [2.75, 3.05) is 0 Å². The molecule has 0 amide bonds. The van der Waals surface area contributed by atoms with Crippen molar-refractivity contribution in [3.05, 3.63) is 117 Å². The molecule has 0 aliphatic carbocycles. The van der Waals surface area contributed by atoms with Crippen LogP contribution in [0, 0.1) is 104 Å². The molecule has 4 rings (SSSR count). The van der Waals surface area contributed by atoms with E-state index in [1.807, 2.05) is 11.3 Å². The van der Waals surface area contributed by atoms with Crippen molar-refractivity contribution in [2.45, 2.75) is 111 Å². The molecule has 0 saturated carbocycles. The molecule has 0 unspecified atom stereocenters. The van der Waals surface area contributed by atoms with E-state index in [9.17, 15) is 0 Å². The Morgan fingerprint density at radius 3 is 0.822 bits per heavy atom. The number of thiophene rings is 1. The van der Waals surface area contributed by atoms with Crippen molar-refractivity contribution in [3.63, 3.8) is 0 Å². The molecule has 0 fully saturated rings. The second-order valence-electron chi connectivity index (χ2n) is 13.3. The van der Waals surface area contributed by atoms with Crippen molar-refractivity contribution in [1.29, 1.82) is 0 Å². The lowest BCUT2D eigenvalue weighted by atomic mass is 9.85. The van der Waals surface area contributed by atoms with Gasteiger partial charge in [0.05, 0.1) is 0 Å². The maximum atomic E-state index is 2.38. The SMILES string of the molecule is CC=Cc1c(C)c(C)c(C=Cc2c(C)c(C)c(C=Cc3c(C)c(C)c(-c4sc(C)c(C)c4C)c(C)c3C)c(C)c2C)c(C)c1C. The first kappa shape index (κ1) is 34.5. The highest BCUT2D eigenvalue weighted by atomic mass is 32.1. The van der Waals surface area contributed by atoms with Gasteiger partial charge in [-0.2, -0.15) is 0 Å². The number of benzene rings is 3. The van der Waals surface area contributed by atoms with E-state index in [1.165, 1.54) is 121 Å². The van der Waals surface area contributed by atoms with E-state index in [0.29, 0.717) is 0 Å². The fourth-order valence-electron chi connectivity index (χ4n) is 7.15. The first-order chi connectivity index (χ1) is 21.1. The molecule has 1 heterocycles. The summed E-state index contributed by atoms with van der Waals surface area (Å²) in [5, 5.41) is 0. The molecule has 0 radical (unpaired) electrons. The Morgan fingerprint density at radius 2 is 0.578 bits per heavy atom. The molecule has 0 atom stereocenters. The lowest BCUT2D eigenvalue weighted by molar-refractivity contribution is 1.20. The van der Waals surface area contributed by atoms with Gasteiger partial charge in [-0.1, -0.05) is 36.5 Å². The normalized spacial score (nSPS) is 12.2. The van der Waals surface area contributed by atoms with Crippen molar-refractivity contribution < 1.29 is 0 Å². The fourth-order valence-corrected chi connectivity index (χ4v) is 8.48. The number of rotatable bonds is 6. The van der Waals surface area contributed by atoms with E-state index in [4.69, 9.17) is 0 Å². The minimum absolute atomic E-state index is 1.34. The first-order valence-electron chi connectivity index (χ1n) is 16.4. The highest BCUT2D eigenvalue weighted by Gasteiger charge is 2.20. The van der Waals surface area contributed by atoms with Gasteiger partial charge in [0.25, 0.3) is 0 Å². The first-order valence-corrected chi connectivity index (χ1v) is 17.2. The standard InChI is InChI=1S/C44H54S/c1-17-18-38-24(3)26(5)39(27(6)25(38)4)19-20-40-28(7)30(9)41(31(10)29(40)8)21-22-42-32(11)34(13)43(35(14)33(42)12)44-36(15)23(2)37(16)45-44/h17-22H,1-16H3. The molecule has 0 saturated heterocycles. The van der Waals surface area contributed by atoms with Crippen LogP contribution in [-0.4, -0.2) is 0 Å². The molecule has 0 N–H and O–H groups in total. The number of hydrogen-bond acceptors (Lipinski definition) is 1. The summed E-state index contributed by atoms with van der Waals surface area (Å²) < 4.78 is 0. The van der Waals surface area contributed by atoms with Gasteiger partial charge in [0.1, 0.15) is 0 Å². The summed E-state index contributed by atoms with van der Waals surface area (Å²) in [7, 11) is 0. The minimum atomic E-state index is 1.34. The summed E-state index contributed by atoms with van der Waals surface area (Å²) in [5.41, 5.74) is 27.5.